The lowest BCUT2D eigenvalue weighted by Gasteiger charge is -2.07. The molecule has 1 heterocycles. The van der Waals surface area contributed by atoms with Crippen molar-refractivity contribution in [3.05, 3.63) is 50.2 Å². The molecule has 6 heteroatoms. The van der Waals surface area contributed by atoms with E-state index in [2.05, 4.69) is 5.32 Å². The number of carbonyl (C=O) groups excluding carboxylic acids is 1. The van der Waals surface area contributed by atoms with Crippen molar-refractivity contribution in [1.82, 2.24) is 0 Å². The molecule has 0 unspecified atom stereocenters. The summed E-state index contributed by atoms with van der Waals surface area (Å²) < 4.78 is 0. The summed E-state index contributed by atoms with van der Waals surface area (Å²) >= 11 is 7.00. The molecule has 2 N–H and O–H groups in total. The smallest absolute Gasteiger partial charge is 0.348 e. The van der Waals surface area contributed by atoms with Crippen LogP contribution in [-0.4, -0.2) is 17.0 Å². The van der Waals surface area contributed by atoms with Gasteiger partial charge in [-0.1, -0.05) is 11.6 Å². The summed E-state index contributed by atoms with van der Waals surface area (Å²) in [5, 5.41) is 14.0. The third-order valence-electron chi connectivity index (χ3n) is 2.83. The highest BCUT2D eigenvalue weighted by Crippen LogP contribution is 2.28. The first-order valence-electron chi connectivity index (χ1n) is 5.79. The molecule has 0 spiro atoms. The quantitative estimate of drug-likeness (QED) is 0.901. The lowest BCUT2D eigenvalue weighted by molar-refractivity contribution is 0.0703. The molecule has 0 atom stereocenters. The molecule has 0 aliphatic carbocycles. The molecule has 0 fully saturated rings. The molecule has 1 aromatic heterocycles. The van der Waals surface area contributed by atoms with Gasteiger partial charge in [0, 0.05) is 10.6 Å². The zero-order valence-corrected chi connectivity index (χ0v) is 12.4. The van der Waals surface area contributed by atoms with Crippen molar-refractivity contribution in [2.45, 2.75) is 13.8 Å². The number of hydrogen-bond acceptors (Lipinski definition) is 3. The minimum atomic E-state index is -1.05. The summed E-state index contributed by atoms with van der Waals surface area (Å²) in [6.07, 6.45) is 0. The van der Waals surface area contributed by atoms with Crippen LogP contribution >= 0.6 is 22.9 Å². The average Bonchev–Trinajstić information content (AvgIpc) is 2.74. The number of benzene rings is 1. The van der Waals surface area contributed by atoms with Crippen molar-refractivity contribution in [2.75, 3.05) is 5.32 Å². The second-order valence-corrected chi connectivity index (χ2v) is 5.63. The average molecular weight is 310 g/mol. The number of anilines is 1. The van der Waals surface area contributed by atoms with Crippen LogP contribution in [0.4, 0.5) is 5.69 Å². The highest BCUT2D eigenvalue weighted by Gasteiger charge is 2.18. The molecule has 0 aliphatic rings. The van der Waals surface area contributed by atoms with Gasteiger partial charge in [0.15, 0.2) is 0 Å². The number of amides is 1. The number of aryl methyl sites for hydroxylation is 2. The lowest BCUT2D eigenvalue weighted by atomic mass is 10.1. The van der Waals surface area contributed by atoms with Gasteiger partial charge in [-0.3, -0.25) is 4.79 Å². The van der Waals surface area contributed by atoms with Crippen molar-refractivity contribution in [3.8, 4) is 0 Å². The maximum atomic E-state index is 12.2. The van der Waals surface area contributed by atoms with E-state index in [-0.39, 0.29) is 10.8 Å². The Morgan fingerprint density at radius 1 is 1.25 bits per heavy atom. The van der Waals surface area contributed by atoms with Gasteiger partial charge in [0.05, 0.1) is 5.69 Å². The molecule has 4 nitrogen and oxygen atoms in total. The van der Waals surface area contributed by atoms with Crippen molar-refractivity contribution in [2.24, 2.45) is 0 Å². The van der Waals surface area contributed by atoms with E-state index in [1.165, 1.54) is 0 Å². The molecule has 0 bridgehead atoms. The third kappa shape index (κ3) is 2.84. The van der Waals surface area contributed by atoms with Crippen LogP contribution in [-0.2, 0) is 0 Å². The normalized spacial score (nSPS) is 10.3. The van der Waals surface area contributed by atoms with Gasteiger partial charge in [-0.25, -0.2) is 4.79 Å². The van der Waals surface area contributed by atoms with Crippen LogP contribution in [0.5, 0.6) is 0 Å². The highest BCUT2D eigenvalue weighted by molar-refractivity contribution is 7.12. The van der Waals surface area contributed by atoms with Crippen LogP contribution in [0.15, 0.2) is 23.6 Å². The lowest BCUT2D eigenvalue weighted by Crippen LogP contribution is -2.14. The van der Waals surface area contributed by atoms with Crippen molar-refractivity contribution in [3.63, 3.8) is 0 Å². The van der Waals surface area contributed by atoms with E-state index in [0.29, 0.717) is 16.3 Å². The van der Waals surface area contributed by atoms with Crippen molar-refractivity contribution >= 4 is 40.5 Å². The number of halogens is 1. The predicted octanol–water partition coefficient (Wildman–Crippen LogP) is 3.97. The maximum absolute atomic E-state index is 12.2. The van der Waals surface area contributed by atoms with E-state index in [4.69, 9.17) is 16.7 Å². The molecule has 1 amide bonds. The van der Waals surface area contributed by atoms with E-state index >= 15 is 0 Å². The van der Waals surface area contributed by atoms with Crippen LogP contribution in [0.1, 0.15) is 31.2 Å². The van der Waals surface area contributed by atoms with Gasteiger partial charge in [-0.2, -0.15) is 0 Å². The molecule has 0 radical (unpaired) electrons. The number of hydrogen-bond donors (Lipinski definition) is 2. The SMILES string of the molecule is Cc1cc(C(=O)Nc2c(C)csc2C(=O)O)ccc1Cl. The Morgan fingerprint density at radius 2 is 1.95 bits per heavy atom. The number of carboxylic acids is 1. The van der Waals surface area contributed by atoms with Gasteiger partial charge in [0.1, 0.15) is 4.88 Å². The number of aromatic carboxylic acids is 1. The number of carbonyl (C=O) groups is 2. The minimum Gasteiger partial charge on any atom is -0.477 e. The first kappa shape index (κ1) is 14.6. The summed E-state index contributed by atoms with van der Waals surface area (Å²) in [7, 11) is 0. The fourth-order valence-electron chi connectivity index (χ4n) is 1.73. The Morgan fingerprint density at radius 3 is 2.55 bits per heavy atom. The minimum absolute atomic E-state index is 0.126. The largest absolute Gasteiger partial charge is 0.477 e. The molecular formula is C14H12ClNO3S. The van der Waals surface area contributed by atoms with E-state index in [0.717, 1.165) is 22.5 Å². The van der Waals surface area contributed by atoms with E-state index in [1.807, 2.05) is 0 Å². The van der Waals surface area contributed by atoms with Crippen molar-refractivity contribution < 1.29 is 14.7 Å². The summed E-state index contributed by atoms with van der Waals surface area (Å²) in [6.45, 7) is 3.56. The zero-order valence-electron chi connectivity index (χ0n) is 10.9. The van der Waals surface area contributed by atoms with Crippen LogP contribution in [0.2, 0.25) is 5.02 Å². The Labute approximate surface area is 125 Å². The molecule has 104 valence electrons. The maximum Gasteiger partial charge on any atom is 0.348 e. The Kier molecular flexibility index (Phi) is 4.11. The number of thiophene rings is 1. The van der Waals surface area contributed by atoms with Crippen molar-refractivity contribution in [1.29, 1.82) is 0 Å². The Hall–Kier alpha value is -1.85. The second kappa shape index (κ2) is 5.64. The molecule has 20 heavy (non-hydrogen) atoms. The molecule has 1 aromatic carbocycles. The first-order chi connectivity index (χ1) is 9.40. The standard InChI is InChI=1S/C14H12ClNO3S/c1-7-5-9(3-4-10(7)15)13(17)16-11-8(2)6-20-12(11)14(18)19/h3-6H,1-2H3,(H,16,17)(H,18,19). The van der Waals surface area contributed by atoms with Crippen LogP contribution in [0, 0.1) is 13.8 Å². The Balaban J connectivity index is 2.30. The van der Waals surface area contributed by atoms with Crippen LogP contribution in [0.25, 0.3) is 0 Å². The van der Waals surface area contributed by atoms with Gasteiger partial charge in [-0.15, -0.1) is 11.3 Å². The van der Waals surface area contributed by atoms with E-state index < -0.39 is 5.97 Å². The topological polar surface area (TPSA) is 66.4 Å². The molecule has 0 saturated carbocycles. The molecule has 0 saturated heterocycles. The number of rotatable bonds is 3. The summed E-state index contributed by atoms with van der Waals surface area (Å²) in [5.41, 5.74) is 2.31. The summed E-state index contributed by atoms with van der Waals surface area (Å²) in [4.78, 5) is 23.4. The van der Waals surface area contributed by atoms with E-state index in [1.54, 1.807) is 37.4 Å². The molecular weight excluding hydrogens is 298 g/mol. The third-order valence-corrected chi connectivity index (χ3v) is 4.34. The first-order valence-corrected chi connectivity index (χ1v) is 7.04. The fourth-order valence-corrected chi connectivity index (χ4v) is 2.69. The van der Waals surface area contributed by atoms with E-state index in [9.17, 15) is 9.59 Å². The van der Waals surface area contributed by atoms with Gasteiger partial charge in [0.2, 0.25) is 0 Å². The molecule has 0 aliphatic heterocycles. The number of carboxylic acid groups (broad SMARTS) is 1. The Bertz CT molecular complexity index is 694. The predicted molar refractivity (Wildman–Crippen MR) is 80.2 cm³/mol. The monoisotopic (exact) mass is 309 g/mol. The highest BCUT2D eigenvalue weighted by atomic mass is 35.5. The number of nitrogens with one attached hydrogen (secondary N) is 1. The molecule has 2 rings (SSSR count). The summed E-state index contributed by atoms with van der Waals surface area (Å²) in [6, 6.07) is 4.91. The summed E-state index contributed by atoms with van der Waals surface area (Å²) in [5.74, 6) is -1.40. The second-order valence-electron chi connectivity index (χ2n) is 4.35. The van der Waals surface area contributed by atoms with Gasteiger partial charge < -0.3 is 10.4 Å². The van der Waals surface area contributed by atoms with Crippen LogP contribution in [0.3, 0.4) is 0 Å². The van der Waals surface area contributed by atoms with Crippen LogP contribution < -0.4 is 5.32 Å². The fraction of sp³-hybridized carbons (Fsp3) is 0.143. The van der Waals surface area contributed by atoms with Gasteiger partial charge in [0.25, 0.3) is 5.91 Å². The van der Waals surface area contributed by atoms with Gasteiger partial charge in [-0.05, 0) is 48.6 Å². The molecule has 2 aromatic rings. The zero-order chi connectivity index (χ0) is 14.9. The van der Waals surface area contributed by atoms with Gasteiger partial charge >= 0.3 is 5.97 Å².